The van der Waals surface area contributed by atoms with Gasteiger partial charge in [0.2, 0.25) is 10.0 Å². The highest BCUT2D eigenvalue weighted by Crippen LogP contribution is 2.21. The average molecular weight is 408 g/mol. The number of benzene rings is 2. The van der Waals surface area contributed by atoms with Crippen LogP contribution in [0.1, 0.15) is 6.92 Å². The van der Waals surface area contributed by atoms with E-state index in [9.17, 15) is 17.6 Å². The molecule has 1 saturated heterocycles. The number of amides is 1. The van der Waals surface area contributed by atoms with Gasteiger partial charge in [-0.25, -0.2) is 12.8 Å². The van der Waals surface area contributed by atoms with E-state index in [-0.39, 0.29) is 10.6 Å². The molecule has 7 nitrogen and oxygen atoms in total. The van der Waals surface area contributed by atoms with E-state index >= 15 is 0 Å². The van der Waals surface area contributed by atoms with Gasteiger partial charge in [-0.3, -0.25) is 4.79 Å². The van der Waals surface area contributed by atoms with Crippen LogP contribution >= 0.6 is 0 Å². The summed E-state index contributed by atoms with van der Waals surface area (Å²) >= 11 is 0. The Morgan fingerprint density at radius 3 is 2.43 bits per heavy atom. The van der Waals surface area contributed by atoms with Crippen LogP contribution in [0.15, 0.2) is 53.4 Å². The maximum absolute atomic E-state index is 13.6. The summed E-state index contributed by atoms with van der Waals surface area (Å²) in [6.45, 7) is 2.89. The molecule has 0 unspecified atom stereocenters. The van der Waals surface area contributed by atoms with E-state index in [0.29, 0.717) is 32.1 Å². The number of carbonyl (C=O) groups excluding carboxylic acids is 1. The van der Waals surface area contributed by atoms with Crippen molar-refractivity contribution in [3.8, 4) is 5.75 Å². The Morgan fingerprint density at radius 1 is 1.14 bits per heavy atom. The lowest BCUT2D eigenvalue weighted by Gasteiger charge is -2.26. The molecule has 1 fully saturated rings. The minimum absolute atomic E-state index is 0.0647. The third-order valence-electron chi connectivity index (χ3n) is 4.25. The highest BCUT2D eigenvalue weighted by Gasteiger charge is 2.26. The van der Waals surface area contributed by atoms with Crippen LogP contribution in [0.5, 0.6) is 5.75 Å². The fourth-order valence-corrected chi connectivity index (χ4v) is 4.09. The molecule has 1 N–H and O–H groups in total. The number of morpholine rings is 1. The second-order valence-electron chi connectivity index (χ2n) is 6.22. The van der Waals surface area contributed by atoms with E-state index in [1.165, 1.54) is 53.7 Å². The smallest absolute Gasteiger partial charge is 0.265 e. The Bertz CT molecular complexity index is 928. The number of anilines is 1. The van der Waals surface area contributed by atoms with Gasteiger partial charge < -0.3 is 14.8 Å². The minimum atomic E-state index is -3.59. The van der Waals surface area contributed by atoms with Gasteiger partial charge in [0.15, 0.2) is 6.10 Å². The molecule has 1 amide bonds. The highest BCUT2D eigenvalue weighted by molar-refractivity contribution is 7.89. The maximum Gasteiger partial charge on any atom is 0.265 e. The Balaban J connectivity index is 1.63. The van der Waals surface area contributed by atoms with Crippen molar-refractivity contribution >= 4 is 21.6 Å². The van der Waals surface area contributed by atoms with Crippen molar-refractivity contribution in [3.05, 3.63) is 54.3 Å². The van der Waals surface area contributed by atoms with E-state index in [1.54, 1.807) is 6.07 Å². The molecular weight excluding hydrogens is 387 g/mol. The Morgan fingerprint density at radius 2 is 1.79 bits per heavy atom. The minimum Gasteiger partial charge on any atom is -0.481 e. The normalized spacial score (nSPS) is 16.4. The molecule has 1 aliphatic rings. The molecule has 0 spiro atoms. The van der Waals surface area contributed by atoms with Gasteiger partial charge in [-0.2, -0.15) is 4.31 Å². The summed E-state index contributed by atoms with van der Waals surface area (Å²) in [5.41, 5.74) is 0.0647. The number of para-hydroxylation sites is 1. The number of hydrogen-bond acceptors (Lipinski definition) is 5. The first-order chi connectivity index (χ1) is 13.4. The molecule has 0 bridgehead atoms. The van der Waals surface area contributed by atoms with Gasteiger partial charge in [0.05, 0.1) is 23.8 Å². The summed E-state index contributed by atoms with van der Waals surface area (Å²) in [5.74, 6) is -0.729. The standard InChI is InChI=1S/C19H21FN2O5S/c1-14(19(23)21-18-5-3-2-4-17(18)20)27-15-6-8-16(9-7-15)28(24,25)22-10-12-26-13-11-22/h2-9,14H,10-13H2,1H3,(H,21,23)/t14-/m0/s1. The Kier molecular flexibility index (Phi) is 6.28. The van der Waals surface area contributed by atoms with Gasteiger partial charge in [-0.1, -0.05) is 12.1 Å². The molecule has 0 saturated carbocycles. The SMILES string of the molecule is C[C@H](Oc1ccc(S(=O)(=O)N2CCOCC2)cc1)C(=O)Nc1ccccc1F. The zero-order valence-electron chi connectivity index (χ0n) is 15.3. The van der Waals surface area contributed by atoms with E-state index in [0.717, 1.165) is 0 Å². The molecule has 150 valence electrons. The summed E-state index contributed by atoms with van der Waals surface area (Å²) in [7, 11) is -3.59. The predicted molar refractivity (Wildman–Crippen MR) is 101 cm³/mol. The lowest BCUT2D eigenvalue weighted by molar-refractivity contribution is -0.122. The number of carbonyl (C=O) groups is 1. The summed E-state index contributed by atoms with van der Waals surface area (Å²) in [5, 5.41) is 2.46. The first-order valence-corrected chi connectivity index (χ1v) is 10.2. The number of nitrogens with one attached hydrogen (secondary N) is 1. The van der Waals surface area contributed by atoms with Crippen LogP contribution in [0.3, 0.4) is 0 Å². The molecule has 2 aromatic rings. The Hall–Kier alpha value is -2.49. The van der Waals surface area contributed by atoms with Gasteiger partial charge in [0, 0.05) is 13.1 Å². The van der Waals surface area contributed by atoms with Crippen molar-refractivity contribution < 1.29 is 27.1 Å². The number of sulfonamides is 1. The van der Waals surface area contributed by atoms with Crippen molar-refractivity contribution in [3.63, 3.8) is 0 Å². The molecule has 9 heteroatoms. The van der Waals surface area contributed by atoms with Crippen molar-refractivity contribution in [2.24, 2.45) is 0 Å². The molecule has 28 heavy (non-hydrogen) atoms. The van der Waals surface area contributed by atoms with Gasteiger partial charge in [0.1, 0.15) is 11.6 Å². The molecule has 1 heterocycles. The highest BCUT2D eigenvalue weighted by atomic mass is 32.2. The average Bonchev–Trinajstić information content (AvgIpc) is 2.70. The van der Waals surface area contributed by atoms with E-state index in [1.807, 2.05) is 0 Å². The van der Waals surface area contributed by atoms with Crippen LogP contribution in [0.4, 0.5) is 10.1 Å². The van der Waals surface area contributed by atoms with Gasteiger partial charge in [-0.15, -0.1) is 0 Å². The number of halogens is 1. The van der Waals surface area contributed by atoms with Gasteiger partial charge in [0.25, 0.3) is 5.91 Å². The predicted octanol–water partition coefficient (Wildman–Crippen LogP) is 2.25. The van der Waals surface area contributed by atoms with Crippen molar-refractivity contribution in [2.75, 3.05) is 31.6 Å². The third kappa shape index (κ3) is 4.67. The van der Waals surface area contributed by atoms with Crippen LogP contribution in [0, 0.1) is 5.82 Å². The molecule has 0 radical (unpaired) electrons. The molecule has 0 aliphatic carbocycles. The third-order valence-corrected chi connectivity index (χ3v) is 6.16. The van der Waals surface area contributed by atoms with Crippen LogP contribution in [-0.2, 0) is 19.6 Å². The number of nitrogens with zero attached hydrogens (tertiary/aromatic N) is 1. The second kappa shape index (κ2) is 8.68. The molecule has 0 aromatic heterocycles. The summed E-state index contributed by atoms with van der Waals surface area (Å²) in [6.07, 6.45) is -0.902. The van der Waals surface area contributed by atoms with Gasteiger partial charge >= 0.3 is 0 Å². The lowest BCUT2D eigenvalue weighted by Crippen LogP contribution is -2.40. The number of hydrogen-bond donors (Lipinski definition) is 1. The van der Waals surface area contributed by atoms with E-state index < -0.39 is 27.9 Å². The van der Waals surface area contributed by atoms with Crippen molar-refractivity contribution in [2.45, 2.75) is 17.9 Å². The molecular formula is C19H21FN2O5S. The number of ether oxygens (including phenoxy) is 2. The Labute approximate surface area is 163 Å². The molecule has 1 aliphatic heterocycles. The van der Waals surface area contributed by atoms with Crippen LogP contribution in [0.2, 0.25) is 0 Å². The number of rotatable bonds is 6. The van der Waals surface area contributed by atoms with Crippen LogP contribution < -0.4 is 10.1 Å². The fraction of sp³-hybridized carbons (Fsp3) is 0.316. The molecule has 3 rings (SSSR count). The first kappa shape index (κ1) is 20.2. The summed E-state index contributed by atoms with van der Waals surface area (Å²) < 4.78 is 50.9. The zero-order valence-corrected chi connectivity index (χ0v) is 16.1. The van der Waals surface area contributed by atoms with E-state index in [2.05, 4.69) is 5.32 Å². The fourth-order valence-electron chi connectivity index (χ4n) is 2.68. The molecule has 2 aromatic carbocycles. The van der Waals surface area contributed by atoms with Crippen LogP contribution in [0.25, 0.3) is 0 Å². The maximum atomic E-state index is 13.6. The zero-order chi connectivity index (χ0) is 20.1. The quantitative estimate of drug-likeness (QED) is 0.793. The first-order valence-electron chi connectivity index (χ1n) is 8.78. The van der Waals surface area contributed by atoms with E-state index in [4.69, 9.17) is 9.47 Å². The second-order valence-corrected chi connectivity index (χ2v) is 8.15. The van der Waals surface area contributed by atoms with Gasteiger partial charge in [-0.05, 0) is 43.3 Å². The largest absolute Gasteiger partial charge is 0.481 e. The topological polar surface area (TPSA) is 84.9 Å². The monoisotopic (exact) mass is 408 g/mol. The summed E-state index contributed by atoms with van der Waals surface area (Å²) in [6, 6.07) is 11.7. The summed E-state index contributed by atoms with van der Waals surface area (Å²) in [4.78, 5) is 12.3. The van der Waals surface area contributed by atoms with Crippen LogP contribution in [-0.4, -0.2) is 51.0 Å². The lowest BCUT2D eigenvalue weighted by atomic mass is 10.3. The van der Waals surface area contributed by atoms with Crippen molar-refractivity contribution in [1.82, 2.24) is 4.31 Å². The van der Waals surface area contributed by atoms with Crippen molar-refractivity contribution in [1.29, 1.82) is 0 Å². The molecule has 1 atom stereocenters.